The molecular formula is C22H26N2O4. The molecule has 1 amide bonds. The van der Waals surface area contributed by atoms with Gasteiger partial charge in [0.25, 0.3) is 0 Å². The predicted molar refractivity (Wildman–Crippen MR) is 108 cm³/mol. The Hall–Kier alpha value is -3.15. The van der Waals surface area contributed by atoms with Crippen molar-refractivity contribution in [2.24, 2.45) is 0 Å². The molecule has 0 radical (unpaired) electrons. The van der Waals surface area contributed by atoms with Gasteiger partial charge in [-0.1, -0.05) is 30.3 Å². The van der Waals surface area contributed by atoms with Crippen molar-refractivity contribution >= 4 is 23.7 Å². The van der Waals surface area contributed by atoms with E-state index in [1.54, 1.807) is 18.2 Å². The van der Waals surface area contributed by atoms with Crippen LogP contribution in [0.15, 0.2) is 42.1 Å². The molecule has 0 aliphatic heterocycles. The molecule has 148 valence electrons. The number of carbonyl (C=O) groups is 3. The third-order valence-electron chi connectivity index (χ3n) is 4.28. The third-order valence-corrected chi connectivity index (χ3v) is 4.28. The molecule has 0 aliphatic carbocycles. The van der Waals surface area contributed by atoms with E-state index in [9.17, 15) is 14.4 Å². The van der Waals surface area contributed by atoms with Gasteiger partial charge in [-0.15, -0.1) is 0 Å². The van der Waals surface area contributed by atoms with Gasteiger partial charge in [-0.2, -0.15) is 0 Å². The van der Waals surface area contributed by atoms with Gasteiger partial charge in [0.2, 0.25) is 11.7 Å². The van der Waals surface area contributed by atoms with E-state index in [0.717, 1.165) is 17.0 Å². The van der Waals surface area contributed by atoms with Gasteiger partial charge in [0.1, 0.15) is 5.70 Å². The molecule has 0 saturated carbocycles. The highest BCUT2D eigenvalue weighted by Crippen LogP contribution is 2.20. The maximum atomic E-state index is 12.6. The van der Waals surface area contributed by atoms with Crippen molar-refractivity contribution in [3.8, 4) is 0 Å². The van der Waals surface area contributed by atoms with Gasteiger partial charge in [0, 0.05) is 29.9 Å². The highest BCUT2D eigenvalue weighted by Gasteiger charge is 2.20. The number of ether oxygens (including phenoxy) is 1. The Morgan fingerprint density at radius 2 is 1.79 bits per heavy atom. The monoisotopic (exact) mass is 382 g/mol. The minimum absolute atomic E-state index is 0.0147. The summed E-state index contributed by atoms with van der Waals surface area (Å²) < 4.78 is 7.24. The Bertz CT molecular complexity index is 908. The second kappa shape index (κ2) is 9.17. The average molecular weight is 382 g/mol. The summed E-state index contributed by atoms with van der Waals surface area (Å²) in [5, 5.41) is 2.46. The first kappa shape index (κ1) is 21.2. The number of esters is 1. The predicted octanol–water partition coefficient (Wildman–Crippen LogP) is 3.59. The number of ketones is 1. The van der Waals surface area contributed by atoms with E-state index in [4.69, 9.17) is 4.74 Å². The normalized spacial score (nSPS) is 11.4. The number of Topliss-reactive ketones (excluding diaryl/α,β-unsaturated/α-hetero) is 1. The summed E-state index contributed by atoms with van der Waals surface area (Å²) in [5.74, 6) is -1.44. The average Bonchev–Trinajstić information content (AvgIpc) is 2.93. The first-order valence-corrected chi connectivity index (χ1v) is 9.13. The summed E-state index contributed by atoms with van der Waals surface area (Å²) in [6.45, 7) is 8.81. The van der Waals surface area contributed by atoms with Gasteiger partial charge in [-0.25, -0.2) is 4.79 Å². The number of hydrogen-bond donors (Lipinski definition) is 1. The van der Waals surface area contributed by atoms with Gasteiger partial charge >= 0.3 is 5.97 Å². The third kappa shape index (κ3) is 5.19. The number of benzene rings is 1. The van der Waals surface area contributed by atoms with Crippen molar-refractivity contribution in [3.05, 3.63) is 64.6 Å². The summed E-state index contributed by atoms with van der Waals surface area (Å²) in [6.07, 6.45) is 1.51. The van der Waals surface area contributed by atoms with E-state index in [1.165, 1.54) is 13.0 Å². The lowest BCUT2D eigenvalue weighted by atomic mass is 10.1. The van der Waals surface area contributed by atoms with E-state index in [-0.39, 0.29) is 17.5 Å². The molecule has 2 aromatic rings. The molecule has 0 atom stereocenters. The van der Waals surface area contributed by atoms with Crippen LogP contribution in [0.2, 0.25) is 0 Å². The van der Waals surface area contributed by atoms with Crippen LogP contribution in [0.3, 0.4) is 0 Å². The van der Waals surface area contributed by atoms with Crippen LogP contribution in [0.25, 0.3) is 6.08 Å². The largest absolute Gasteiger partial charge is 0.453 e. The van der Waals surface area contributed by atoms with Crippen molar-refractivity contribution in [1.29, 1.82) is 0 Å². The lowest BCUT2D eigenvalue weighted by molar-refractivity contribution is -0.139. The van der Waals surface area contributed by atoms with Crippen molar-refractivity contribution in [2.75, 3.05) is 6.61 Å². The van der Waals surface area contributed by atoms with Gasteiger partial charge in [-0.3, -0.25) is 9.59 Å². The summed E-state index contributed by atoms with van der Waals surface area (Å²) in [5.41, 5.74) is 3.07. The number of nitrogens with one attached hydrogen (secondary N) is 1. The first-order valence-electron chi connectivity index (χ1n) is 9.13. The van der Waals surface area contributed by atoms with Crippen LogP contribution in [0.4, 0.5) is 0 Å². The molecule has 0 unspecified atom stereocenters. The van der Waals surface area contributed by atoms with Gasteiger partial charge in [0.15, 0.2) is 6.61 Å². The maximum absolute atomic E-state index is 12.6. The van der Waals surface area contributed by atoms with Crippen LogP contribution < -0.4 is 5.32 Å². The lowest BCUT2D eigenvalue weighted by Crippen LogP contribution is -2.27. The van der Waals surface area contributed by atoms with Crippen LogP contribution in [-0.2, 0) is 14.3 Å². The van der Waals surface area contributed by atoms with Crippen molar-refractivity contribution in [2.45, 2.75) is 40.7 Å². The van der Waals surface area contributed by atoms with Crippen molar-refractivity contribution < 1.29 is 19.1 Å². The number of hydrogen-bond acceptors (Lipinski definition) is 4. The number of nitrogens with zero attached hydrogens (tertiary/aromatic N) is 1. The summed E-state index contributed by atoms with van der Waals surface area (Å²) in [7, 11) is 0. The number of aromatic nitrogens is 1. The minimum Gasteiger partial charge on any atom is -0.453 e. The van der Waals surface area contributed by atoms with Gasteiger partial charge < -0.3 is 14.6 Å². The smallest absolute Gasteiger partial charge is 0.355 e. The SMILES string of the molecule is CC(=O)N/C(=C\c1ccccc1)C(=O)OCC(=O)c1cc(C)n(C(C)C)c1C. The molecule has 0 spiro atoms. The van der Waals surface area contributed by atoms with E-state index < -0.39 is 18.5 Å². The standard InChI is InChI=1S/C22H26N2O4/c1-14(2)24-15(3)11-19(16(24)4)21(26)13-28-22(27)20(23-17(5)25)12-18-9-7-6-8-10-18/h6-12,14H,13H2,1-5H3,(H,23,25)/b20-12-. The summed E-state index contributed by atoms with van der Waals surface area (Å²) in [6, 6.07) is 11.1. The van der Waals surface area contributed by atoms with Crippen LogP contribution in [0, 0.1) is 13.8 Å². The van der Waals surface area contributed by atoms with Crippen LogP contribution in [0.5, 0.6) is 0 Å². The van der Waals surface area contributed by atoms with E-state index in [0.29, 0.717) is 5.56 Å². The maximum Gasteiger partial charge on any atom is 0.355 e. The Balaban J connectivity index is 2.14. The molecule has 2 rings (SSSR count). The topological polar surface area (TPSA) is 77.4 Å². The zero-order chi connectivity index (χ0) is 20.8. The molecule has 1 N–H and O–H groups in total. The fraction of sp³-hybridized carbons (Fsp3) is 0.318. The molecule has 0 aliphatic rings. The Morgan fingerprint density at radius 3 is 2.32 bits per heavy atom. The van der Waals surface area contributed by atoms with Crippen LogP contribution in [0.1, 0.15) is 54.1 Å². The second-order valence-electron chi connectivity index (χ2n) is 6.90. The Morgan fingerprint density at radius 1 is 1.14 bits per heavy atom. The molecular weight excluding hydrogens is 356 g/mol. The summed E-state index contributed by atoms with van der Waals surface area (Å²) >= 11 is 0. The zero-order valence-electron chi connectivity index (χ0n) is 16.9. The molecule has 28 heavy (non-hydrogen) atoms. The fourth-order valence-electron chi connectivity index (χ4n) is 3.19. The highest BCUT2D eigenvalue weighted by molar-refractivity contribution is 6.02. The quantitative estimate of drug-likeness (QED) is 0.451. The van der Waals surface area contributed by atoms with E-state index in [1.807, 2.05) is 45.9 Å². The van der Waals surface area contributed by atoms with Gasteiger partial charge in [0.05, 0.1) is 0 Å². The molecule has 6 heteroatoms. The number of rotatable bonds is 7. The van der Waals surface area contributed by atoms with E-state index in [2.05, 4.69) is 9.88 Å². The number of aryl methyl sites for hydroxylation is 1. The van der Waals surface area contributed by atoms with Crippen LogP contribution >= 0.6 is 0 Å². The molecule has 1 aromatic heterocycles. The Labute approximate surface area is 165 Å². The minimum atomic E-state index is -0.759. The second-order valence-corrected chi connectivity index (χ2v) is 6.90. The molecule has 0 fully saturated rings. The zero-order valence-corrected chi connectivity index (χ0v) is 16.9. The Kier molecular flexibility index (Phi) is 6.93. The van der Waals surface area contributed by atoms with Crippen LogP contribution in [-0.4, -0.2) is 28.8 Å². The first-order chi connectivity index (χ1) is 13.2. The number of amides is 1. The van der Waals surface area contributed by atoms with E-state index >= 15 is 0 Å². The number of carbonyl (C=O) groups excluding carboxylic acids is 3. The fourth-order valence-corrected chi connectivity index (χ4v) is 3.19. The molecule has 0 bridgehead atoms. The highest BCUT2D eigenvalue weighted by atomic mass is 16.5. The molecule has 1 aromatic carbocycles. The lowest BCUT2D eigenvalue weighted by Gasteiger charge is -2.13. The summed E-state index contributed by atoms with van der Waals surface area (Å²) in [4.78, 5) is 36.4. The molecule has 0 saturated heterocycles. The van der Waals surface area contributed by atoms with Crippen molar-refractivity contribution in [3.63, 3.8) is 0 Å². The van der Waals surface area contributed by atoms with Gasteiger partial charge in [-0.05, 0) is 45.4 Å². The molecule has 1 heterocycles. The van der Waals surface area contributed by atoms with Crippen molar-refractivity contribution in [1.82, 2.24) is 9.88 Å². The molecule has 6 nitrogen and oxygen atoms in total.